The fourth-order valence-corrected chi connectivity index (χ4v) is 1.87. The summed E-state index contributed by atoms with van der Waals surface area (Å²) >= 11 is 0. The van der Waals surface area contributed by atoms with E-state index in [0.29, 0.717) is 5.92 Å². The van der Waals surface area contributed by atoms with Crippen molar-refractivity contribution < 1.29 is 22.7 Å². The zero-order valence-electron chi connectivity index (χ0n) is 11.0. The normalized spacial score (nSPS) is 15.3. The van der Waals surface area contributed by atoms with E-state index in [4.69, 9.17) is 5.73 Å². The lowest BCUT2D eigenvalue weighted by Gasteiger charge is -2.14. The van der Waals surface area contributed by atoms with Gasteiger partial charge in [0.25, 0.3) is 5.91 Å². The number of halogens is 4. The minimum atomic E-state index is -3.13. The summed E-state index contributed by atoms with van der Waals surface area (Å²) in [4.78, 5) is 11.9. The van der Waals surface area contributed by atoms with Crippen molar-refractivity contribution in [3.63, 3.8) is 0 Å². The number of amides is 1. The molecule has 1 amide bonds. The Morgan fingerprint density at radius 1 is 1.43 bits per heavy atom. The van der Waals surface area contributed by atoms with Gasteiger partial charge in [-0.15, -0.1) is 12.4 Å². The van der Waals surface area contributed by atoms with Gasteiger partial charge < -0.3 is 15.8 Å². The largest absolute Gasteiger partial charge is 0.434 e. The first-order valence-corrected chi connectivity index (χ1v) is 6.25. The molecule has 1 fully saturated rings. The molecule has 0 heterocycles. The number of hydrogen-bond donors (Lipinski definition) is 2. The predicted molar refractivity (Wildman–Crippen MR) is 73.3 cm³/mol. The minimum absolute atomic E-state index is 0. The van der Waals surface area contributed by atoms with Gasteiger partial charge >= 0.3 is 6.61 Å². The van der Waals surface area contributed by atoms with Crippen LogP contribution < -0.4 is 15.8 Å². The van der Waals surface area contributed by atoms with Gasteiger partial charge in [0.05, 0.1) is 5.56 Å². The number of hydrogen-bond acceptors (Lipinski definition) is 3. The summed E-state index contributed by atoms with van der Waals surface area (Å²) in [5.74, 6) is -1.46. The molecule has 0 aromatic heterocycles. The van der Waals surface area contributed by atoms with Crippen LogP contribution in [0.3, 0.4) is 0 Å². The van der Waals surface area contributed by atoms with Gasteiger partial charge in [0.15, 0.2) is 0 Å². The van der Waals surface area contributed by atoms with E-state index in [2.05, 4.69) is 10.1 Å². The summed E-state index contributed by atoms with van der Waals surface area (Å²) in [6.07, 6.45) is 2.07. The SMILES string of the molecule is Cl.NC(CNC(=O)c1ccc(F)cc1OC(F)F)C1CC1. The summed E-state index contributed by atoms with van der Waals surface area (Å²) in [6.45, 7) is -2.88. The number of nitrogens with two attached hydrogens (primary N) is 1. The van der Waals surface area contributed by atoms with Crippen molar-refractivity contribution in [2.75, 3.05) is 6.54 Å². The van der Waals surface area contributed by atoms with Crippen LogP contribution in [0.4, 0.5) is 13.2 Å². The average Bonchev–Trinajstić information content (AvgIpc) is 3.19. The van der Waals surface area contributed by atoms with Crippen LogP contribution in [-0.2, 0) is 0 Å². The lowest BCUT2D eigenvalue weighted by molar-refractivity contribution is -0.0503. The van der Waals surface area contributed by atoms with E-state index in [1.807, 2.05) is 0 Å². The van der Waals surface area contributed by atoms with E-state index < -0.39 is 24.1 Å². The van der Waals surface area contributed by atoms with E-state index in [0.717, 1.165) is 31.0 Å². The predicted octanol–water partition coefficient (Wildman–Crippen LogP) is 2.32. The number of alkyl halides is 2. The third-order valence-corrected chi connectivity index (χ3v) is 3.13. The molecule has 1 atom stereocenters. The van der Waals surface area contributed by atoms with Crippen LogP contribution >= 0.6 is 12.4 Å². The maximum atomic E-state index is 13.0. The molecule has 1 unspecified atom stereocenters. The van der Waals surface area contributed by atoms with E-state index >= 15 is 0 Å². The number of rotatable bonds is 6. The summed E-state index contributed by atoms with van der Waals surface area (Å²) in [6, 6.07) is 2.71. The molecule has 21 heavy (non-hydrogen) atoms. The minimum Gasteiger partial charge on any atom is -0.434 e. The molecule has 0 aliphatic heterocycles. The van der Waals surface area contributed by atoms with Gasteiger partial charge in [0, 0.05) is 18.7 Å². The maximum absolute atomic E-state index is 13.0. The summed E-state index contributed by atoms with van der Waals surface area (Å²) in [5, 5.41) is 2.54. The van der Waals surface area contributed by atoms with Crippen LogP contribution in [-0.4, -0.2) is 25.1 Å². The van der Waals surface area contributed by atoms with Crippen LogP contribution in [0.15, 0.2) is 18.2 Å². The van der Waals surface area contributed by atoms with E-state index in [-0.39, 0.29) is 30.6 Å². The van der Waals surface area contributed by atoms with Gasteiger partial charge in [-0.3, -0.25) is 4.79 Å². The van der Waals surface area contributed by atoms with Crippen LogP contribution in [0.5, 0.6) is 5.75 Å². The Bertz CT molecular complexity index is 498. The first-order valence-electron chi connectivity index (χ1n) is 6.25. The number of carbonyl (C=O) groups excluding carboxylic acids is 1. The highest BCUT2D eigenvalue weighted by molar-refractivity contribution is 5.96. The van der Waals surface area contributed by atoms with Crippen LogP contribution in [0.2, 0.25) is 0 Å². The second-order valence-corrected chi connectivity index (χ2v) is 4.73. The van der Waals surface area contributed by atoms with Gasteiger partial charge in [-0.25, -0.2) is 4.39 Å². The van der Waals surface area contributed by atoms with Gasteiger partial charge in [-0.1, -0.05) is 0 Å². The second kappa shape index (κ2) is 7.51. The quantitative estimate of drug-likeness (QED) is 0.844. The standard InChI is InChI=1S/C13H15F3N2O2.ClH/c14-8-3-4-9(11(5-8)20-13(15)16)12(19)18-6-10(17)7-1-2-7;/h3-5,7,10,13H,1-2,6,17H2,(H,18,19);1H. The van der Waals surface area contributed by atoms with Crippen molar-refractivity contribution in [2.24, 2.45) is 11.7 Å². The zero-order valence-corrected chi connectivity index (χ0v) is 11.8. The van der Waals surface area contributed by atoms with Crippen molar-refractivity contribution in [2.45, 2.75) is 25.5 Å². The van der Waals surface area contributed by atoms with Crippen LogP contribution in [0.1, 0.15) is 23.2 Å². The highest BCUT2D eigenvalue weighted by atomic mass is 35.5. The Hall–Kier alpha value is -1.47. The molecule has 1 aromatic carbocycles. The Morgan fingerprint density at radius 2 is 2.10 bits per heavy atom. The van der Waals surface area contributed by atoms with Gasteiger partial charge in [-0.2, -0.15) is 8.78 Å². The molecule has 3 N–H and O–H groups in total. The second-order valence-electron chi connectivity index (χ2n) is 4.73. The highest BCUT2D eigenvalue weighted by Crippen LogP contribution is 2.31. The fraction of sp³-hybridized carbons (Fsp3) is 0.462. The molecule has 0 saturated heterocycles. The number of ether oxygens (including phenoxy) is 1. The molecule has 1 saturated carbocycles. The van der Waals surface area contributed by atoms with Crippen molar-refractivity contribution in [1.29, 1.82) is 0 Å². The molecule has 4 nitrogen and oxygen atoms in total. The van der Waals surface area contributed by atoms with Gasteiger partial charge in [0.2, 0.25) is 0 Å². The third-order valence-electron chi connectivity index (χ3n) is 3.13. The van der Waals surface area contributed by atoms with E-state index in [9.17, 15) is 18.0 Å². The maximum Gasteiger partial charge on any atom is 0.387 e. The number of nitrogens with one attached hydrogen (secondary N) is 1. The van der Waals surface area contributed by atoms with E-state index in [1.54, 1.807) is 0 Å². The fourth-order valence-electron chi connectivity index (χ4n) is 1.87. The first-order chi connectivity index (χ1) is 9.47. The summed E-state index contributed by atoms with van der Waals surface area (Å²) in [7, 11) is 0. The summed E-state index contributed by atoms with van der Waals surface area (Å²) in [5.41, 5.74) is 5.68. The van der Waals surface area contributed by atoms with Crippen molar-refractivity contribution in [3.8, 4) is 5.75 Å². The molecule has 1 aliphatic carbocycles. The lowest BCUT2D eigenvalue weighted by Crippen LogP contribution is -2.38. The van der Waals surface area contributed by atoms with Gasteiger partial charge in [-0.05, 0) is 30.9 Å². The molecule has 8 heteroatoms. The highest BCUT2D eigenvalue weighted by Gasteiger charge is 2.28. The summed E-state index contributed by atoms with van der Waals surface area (Å²) < 4.78 is 41.6. The van der Waals surface area contributed by atoms with Crippen LogP contribution in [0.25, 0.3) is 0 Å². The molecule has 0 radical (unpaired) electrons. The number of benzene rings is 1. The topological polar surface area (TPSA) is 64.3 Å². The average molecular weight is 325 g/mol. The number of carbonyl (C=O) groups is 1. The molecular weight excluding hydrogens is 309 g/mol. The van der Waals surface area contributed by atoms with E-state index in [1.165, 1.54) is 0 Å². The van der Waals surface area contributed by atoms with Crippen molar-refractivity contribution in [1.82, 2.24) is 5.32 Å². The Labute approximate surface area is 126 Å². The molecule has 0 bridgehead atoms. The molecule has 1 aliphatic rings. The molecule has 1 aromatic rings. The Morgan fingerprint density at radius 3 is 2.67 bits per heavy atom. The van der Waals surface area contributed by atoms with Crippen molar-refractivity contribution >= 4 is 18.3 Å². The van der Waals surface area contributed by atoms with Crippen molar-refractivity contribution in [3.05, 3.63) is 29.6 Å². The van der Waals surface area contributed by atoms with Gasteiger partial charge in [0.1, 0.15) is 11.6 Å². The molecular formula is C13H16ClF3N2O2. The smallest absolute Gasteiger partial charge is 0.387 e. The third kappa shape index (κ3) is 5.09. The Balaban J connectivity index is 0.00000220. The molecule has 118 valence electrons. The monoisotopic (exact) mass is 324 g/mol. The Kier molecular flexibility index (Phi) is 6.29. The lowest BCUT2D eigenvalue weighted by atomic mass is 10.1. The molecule has 2 rings (SSSR count). The van der Waals surface area contributed by atoms with Crippen LogP contribution in [0, 0.1) is 11.7 Å². The zero-order chi connectivity index (χ0) is 14.7. The first kappa shape index (κ1) is 17.6. The molecule has 0 spiro atoms.